The van der Waals surface area contributed by atoms with Crippen LogP contribution in [-0.2, 0) is 10.0 Å². The number of sulfonamides is 1. The Kier molecular flexibility index (Phi) is 4.96. The van der Waals surface area contributed by atoms with Crippen LogP contribution in [0.2, 0.25) is 0 Å². The summed E-state index contributed by atoms with van der Waals surface area (Å²) in [7, 11) is -3.26. The molecular formula is C12H20N2O2S. The molecule has 0 aliphatic carbocycles. The van der Waals surface area contributed by atoms with Gasteiger partial charge in [-0.3, -0.25) is 4.72 Å². The van der Waals surface area contributed by atoms with E-state index >= 15 is 0 Å². The molecule has 0 aliphatic heterocycles. The maximum atomic E-state index is 11.8. The van der Waals surface area contributed by atoms with Crippen molar-refractivity contribution in [3.63, 3.8) is 0 Å². The maximum absolute atomic E-state index is 11.8. The average Bonchev–Trinajstić information content (AvgIpc) is 2.23. The molecule has 0 aliphatic rings. The zero-order valence-corrected chi connectivity index (χ0v) is 11.4. The second-order valence-electron chi connectivity index (χ2n) is 4.09. The molecule has 0 atom stereocenters. The molecule has 17 heavy (non-hydrogen) atoms. The molecule has 1 rings (SSSR count). The number of hydrogen-bond acceptors (Lipinski definition) is 3. The van der Waals surface area contributed by atoms with Crippen molar-refractivity contribution < 1.29 is 8.42 Å². The summed E-state index contributed by atoms with van der Waals surface area (Å²) in [6.45, 7) is 7.03. The fourth-order valence-electron chi connectivity index (χ4n) is 1.45. The summed E-state index contributed by atoms with van der Waals surface area (Å²) < 4.78 is 26.2. The Labute approximate surface area is 103 Å². The van der Waals surface area contributed by atoms with Crippen LogP contribution in [0, 0.1) is 13.8 Å². The number of hydrogen-bond donors (Lipinski definition) is 2. The summed E-state index contributed by atoms with van der Waals surface area (Å²) >= 11 is 0. The van der Waals surface area contributed by atoms with Gasteiger partial charge in [0, 0.05) is 6.54 Å². The van der Waals surface area contributed by atoms with E-state index in [4.69, 9.17) is 0 Å². The Hall–Kier alpha value is -1.07. The van der Waals surface area contributed by atoms with Crippen molar-refractivity contribution in [2.75, 3.05) is 23.6 Å². The number of rotatable bonds is 6. The first-order chi connectivity index (χ1) is 7.94. The zero-order valence-electron chi connectivity index (χ0n) is 10.6. The van der Waals surface area contributed by atoms with Crippen LogP contribution < -0.4 is 10.0 Å². The molecule has 1 aromatic rings. The van der Waals surface area contributed by atoms with Gasteiger partial charge in [0.1, 0.15) is 0 Å². The second-order valence-corrected chi connectivity index (χ2v) is 5.93. The summed E-state index contributed by atoms with van der Waals surface area (Å²) in [5, 5.41) is 3.00. The van der Waals surface area contributed by atoms with Crippen LogP contribution in [0.5, 0.6) is 0 Å². The Morgan fingerprint density at radius 1 is 1.24 bits per heavy atom. The van der Waals surface area contributed by atoms with Gasteiger partial charge in [-0.25, -0.2) is 8.42 Å². The second kappa shape index (κ2) is 6.02. The van der Waals surface area contributed by atoms with Gasteiger partial charge in [0.25, 0.3) is 0 Å². The molecule has 0 saturated heterocycles. The molecule has 1 aromatic carbocycles. The van der Waals surface area contributed by atoms with Crippen LogP contribution >= 0.6 is 0 Å². The normalized spacial score (nSPS) is 11.5. The van der Waals surface area contributed by atoms with Crippen molar-refractivity contribution in [3.8, 4) is 0 Å². The number of aryl methyl sites for hydroxylation is 2. The standard InChI is InChI=1S/C12H20N2O2S/c1-4-13-7-8-17(15,16)14-12-9-10(2)5-6-11(12)3/h5-6,9,13-14H,4,7-8H2,1-3H3. The molecule has 0 heterocycles. The molecule has 5 heteroatoms. The summed E-state index contributed by atoms with van der Waals surface area (Å²) in [6, 6.07) is 5.73. The van der Waals surface area contributed by atoms with Gasteiger partial charge in [0.15, 0.2) is 0 Å². The van der Waals surface area contributed by atoms with Crippen molar-refractivity contribution in [3.05, 3.63) is 29.3 Å². The third kappa shape index (κ3) is 4.75. The van der Waals surface area contributed by atoms with Gasteiger partial charge >= 0.3 is 0 Å². The highest BCUT2D eigenvalue weighted by Gasteiger charge is 2.11. The predicted octanol–water partition coefficient (Wildman–Crippen LogP) is 1.65. The molecule has 0 aromatic heterocycles. The van der Waals surface area contributed by atoms with E-state index in [1.165, 1.54) is 0 Å². The first kappa shape index (κ1) is 14.0. The highest BCUT2D eigenvalue weighted by molar-refractivity contribution is 7.92. The molecule has 0 unspecified atom stereocenters. The fourth-order valence-corrected chi connectivity index (χ4v) is 2.52. The molecule has 0 bridgehead atoms. The van der Waals surface area contributed by atoms with E-state index < -0.39 is 10.0 Å². The van der Waals surface area contributed by atoms with Gasteiger partial charge in [-0.2, -0.15) is 0 Å². The van der Waals surface area contributed by atoms with Crippen molar-refractivity contribution in [1.29, 1.82) is 0 Å². The Morgan fingerprint density at radius 3 is 2.59 bits per heavy atom. The third-order valence-electron chi connectivity index (χ3n) is 2.46. The summed E-state index contributed by atoms with van der Waals surface area (Å²) in [4.78, 5) is 0. The van der Waals surface area contributed by atoms with Crippen LogP contribution in [0.15, 0.2) is 18.2 Å². The van der Waals surface area contributed by atoms with E-state index in [-0.39, 0.29) is 5.75 Å². The Bertz CT molecular complexity index is 469. The molecule has 0 spiro atoms. The van der Waals surface area contributed by atoms with Crippen LogP contribution in [0.4, 0.5) is 5.69 Å². The minimum absolute atomic E-state index is 0.0915. The van der Waals surface area contributed by atoms with Crippen molar-refractivity contribution in [1.82, 2.24) is 5.32 Å². The molecule has 4 nitrogen and oxygen atoms in total. The van der Waals surface area contributed by atoms with E-state index in [2.05, 4.69) is 10.0 Å². The minimum Gasteiger partial charge on any atom is -0.316 e. The molecule has 0 saturated carbocycles. The first-order valence-corrected chi connectivity index (χ1v) is 7.38. The van der Waals surface area contributed by atoms with Gasteiger partial charge in [0.2, 0.25) is 10.0 Å². The number of nitrogens with one attached hydrogen (secondary N) is 2. The lowest BCUT2D eigenvalue weighted by Crippen LogP contribution is -2.26. The summed E-state index contributed by atoms with van der Waals surface area (Å²) in [6.07, 6.45) is 0. The van der Waals surface area contributed by atoms with Gasteiger partial charge in [0.05, 0.1) is 11.4 Å². The molecular weight excluding hydrogens is 236 g/mol. The quantitative estimate of drug-likeness (QED) is 0.761. The fraction of sp³-hybridized carbons (Fsp3) is 0.500. The smallest absolute Gasteiger partial charge is 0.233 e. The molecule has 0 amide bonds. The van der Waals surface area contributed by atoms with E-state index in [9.17, 15) is 8.42 Å². The van der Waals surface area contributed by atoms with Gasteiger partial charge in [-0.05, 0) is 37.6 Å². The summed E-state index contributed by atoms with van der Waals surface area (Å²) in [5.41, 5.74) is 2.64. The molecule has 2 N–H and O–H groups in total. The minimum atomic E-state index is -3.26. The third-order valence-corrected chi connectivity index (χ3v) is 3.73. The van der Waals surface area contributed by atoms with Gasteiger partial charge in [-0.1, -0.05) is 19.1 Å². The lowest BCUT2D eigenvalue weighted by atomic mass is 10.1. The van der Waals surface area contributed by atoms with Crippen LogP contribution in [0.1, 0.15) is 18.1 Å². The zero-order chi connectivity index (χ0) is 12.9. The van der Waals surface area contributed by atoms with E-state index in [1.807, 2.05) is 39.0 Å². The van der Waals surface area contributed by atoms with Crippen molar-refractivity contribution in [2.45, 2.75) is 20.8 Å². The molecule has 96 valence electrons. The number of anilines is 1. The summed E-state index contributed by atoms with van der Waals surface area (Å²) in [5.74, 6) is 0.0915. The Morgan fingerprint density at radius 2 is 1.94 bits per heavy atom. The Balaban J connectivity index is 2.72. The van der Waals surface area contributed by atoms with E-state index in [0.717, 1.165) is 17.7 Å². The first-order valence-electron chi connectivity index (χ1n) is 5.73. The SMILES string of the molecule is CCNCCS(=O)(=O)Nc1cc(C)ccc1C. The van der Waals surface area contributed by atoms with Crippen LogP contribution in [-0.4, -0.2) is 27.3 Å². The van der Waals surface area contributed by atoms with Crippen LogP contribution in [0.25, 0.3) is 0 Å². The highest BCUT2D eigenvalue weighted by atomic mass is 32.2. The van der Waals surface area contributed by atoms with Gasteiger partial charge in [-0.15, -0.1) is 0 Å². The van der Waals surface area contributed by atoms with Gasteiger partial charge < -0.3 is 5.32 Å². The van der Waals surface area contributed by atoms with E-state index in [0.29, 0.717) is 12.2 Å². The largest absolute Gasteiger partial charge is 0.316 e. The maximum Gasteiger partial charge on any atom is 0.233 e. The van der Waals surface area contributed by atoms with Crippen molar-refractivity contribution >= 4 is 15.7 Å². The lowest BCUT2D eigenvalue weighted by Gasteiger charge is -2.11. The van der Waals surface area contributed by atoms with E-state index in [1.54, 1.807) is 0 Å². The molecule has 0 fully saturated rings. The molecule has 0 radical (unpaired) electrons. The lowest BCUT2D eigenvalue weighted by molar-refractivity contribution is 0.597. The highest BCUT2D eigenvalue weighted by Crippen LogP contribution is 2.17. The van der Waals surface area contributed by atoms with Crippen molar-refractivity contribution in [2.24, 2.45) is 0 Å². The average molecular weight is 256 g/mol. The monoisotopic (exact) mass is 256 g/mol. The van der Waals surface area contributed by atoms with Crippen LogP contribution in [0.3, 0.4) is 0 Å². The predicted molar refractivity (Wildman–Crippen MR) is 71.9 cm³/mol. The topological polar surface area (TPSA) is 58.2 Å². The number of benzene rings is 1.